The second kappa shape index (κ2) is 8.92. The van der Waals surface area contributed by atoms with E-state index in [1.54, 1.807) is 26.0 Å². The second-order valence-corrected chi connectivity index (χ2v) is 7.65. The van der Waals surface area contributed by atoms with E-state index in [1.807, 2.05) is 47.8 Å². The normalized spacial score (nSPS) is 10.5. The molecule has 0 saturated heterocycles. The molecule has 0 bridgehead atoms. The van der Waals surface area contributed by atoms with Crippen LogP contribution in [0.2, 0.25) is 0 Å². The molecule has 3 rings (SSSR count). The summed E-state index contributed by atoms with van der Waals surface area (Å²) < 4.78 is 10.7. The Bertz CT molecular complexity index is 940. The predicted molar refractivity (Wildman–Crippen MR) is 111 cm³/mol. The molecular formula is C20H20N2O3S2. The van der Waals surface area contributed by atoms with Gasteiger partial charge in [0, 0.05) is 21.9 Å². The molecule has 1 heterocycles. The molecule has 0 atom stereocenters. The molecule has 0 fully saturated rings. The van der Waals surface area contributed by atoms with Crippen LogP contribution in [0.1, 0.15) is 17.3 Å². The zero-order valence-corrected chi connectivity index (χ0v) is 16.9. The van der Waals surface area contributed by atoms with Crippen molar-refractivity contribution in [3.63, 3.8) is 0 Å². The maximum atomic E-state index is 12.7. The van der Waals surface area contributed by atoms with Gasteiger partial charge in [-0.15, -0.1) is 23.1 Å². The lowest BCUT2D eigenvalue weighted by Gasteiger charge is -2.09. The van der Waals surface area contributed by atoms with Gasteiger partial charge >= 0.3 is 0 Å². The number of methoxy groups -OCH3 is 2. The monoisotopic (exact) mass is 400 g/mol. The zero-order chi connectivity index (χ0) is 19.2. The Morgan fingerprint density at radius 2 is 2.00 bits per heavy atom. The highest BCUT2D eigenvalue weighted by atomic mass is 32.2. The number of carbonyl (C=O) groups excluding carboxylic acids is 1. The molecule has 7 heteroatoms. The molecule has 0 spiro atoms. The number of nitrogens with zero attached hydrogens (tertiary/aromatic N) is 1. The van der Waals surface area contributed by atoms with Crippen molar-refractivity contribution in [2.45, 2.75) is 11.8 Å². The highest BCUT2D eigenvalue weighted by Gasteiger charge is 2.15. The Morgan fingerprint density at radius 1 is 1.19 bits per heavy atom. The molecule has 0 aliphatic heterocycles. The van der Waals surface area contributed by atoms with E-state index >= 15 is 0 Å². The van der Waals surface area contributed by atoms with Gasteiger partial charge in [0.05, 0.1) is 25.5 Å². The van der Waals surface area contributed by atoms with Gasteiger partial charge in [0.15, 0.2) is 5.13 Å². The van der Waals surface area contributed by atoms with Crippen LogP contribution in [-0.2, 0) is 0 Å². The largest absolute Gasteiger partial charge is 0.497 e. The summed E-state index contributed by atoms with van der Waals surface area (Å²) in [6, 6.07) is 13.1. The summed E-state index contributed by atoms with van der Waals surface area (Å²) in [5.74, 6) is 2.13. The summed E-state index contributed by atoms with van der Waals surface area (Å²) in [4.78, 5) is 18.2. The van der Waals surface area contributed by atoms with Gasteiger partial charge in [-0.2, -0.15) is 0 Å². The van der Waals surface area contributed by atoms with Gasteiger partial charge in [-0.05, 0) is 30.0 Å². The van der Waals surface area contributed by atoms with Crippen molar-refractivity contribution in [2.75, 3.05) is 25.3 Å². The van der Waals surface area contributed by atoms with E-state index in [-0.39, 0.29) is 5.91 Å². The molecule has 0 aliphatic carbocycles. The first kappa shape index (κ1) is 19.3. The number of ether oxygens (including phenoxy) is 2. The van der Waals surface area contributed by atoms with Crippen molar-refractivity contribution in [2.24, 2.45) is 0 Å². The first-order valence-corrected chi connectivity index (χ1v) is 10.2. The minimum Gasteiger partial charge on any atom is -0.497 e. The van der Waals surface area contributed by atoms with Crippen LogP contribution in [0.25, 0.3) is 11.3 Å². The molecule has 27 heavy (non-hydrogen) atoms. The third-order valence-corrected chi connectivity index (χ3v) is 5.55. The van der Waals surface area contributed by atoms with E-state index in [0.29, 0.717) is 22.2 Å². The Balaban J connectivity index is 1.82. The van der Waals surface area contributed by atoms with Crippen molar-refractivity contribution in [1.82, 2.24) is 4.98 Å². The van der Waals surface area contributed by atoms with Crippen LogP contribution < -0.4 is 14.8 Å². The van der Waals surface area contributed by atoms with Gasteiger partial charge in [0.2, 0.25) is 0 Å². The van der Waals surface area contributed by atoms with Gasteiger partial charge in [-0.1, -0.05) is 19.1 Å². The Morgan fingerprint density at radius 3 is 2.74 bits per heavy atom. The number of thiazole rings is 1. The molecule has 1 aromatic heterocycles. The van der Waals surface area contributed by atoms with Crippen LogP contribution in [0, 0.1) is 0 Å². The van der Waals surface area contributed by atoms with Crippen molar-refractivity contribution in [3.05, 3.63) is 53.4 Å². The molecule has 0 saturated carbocycles. The molecule has 0 radical (unpaired) electrons. The maximum Gasteiger partial charge on any atom is 0.258 e. The first-order valence-electron chi connectivity index (χ1n) is 8.37. The molecule has 1 N–H and O–H groups in total. The summed E-state index contributed by atoms with van der Waals surface area (Å²) in [6.07, 6.45) is 0. The van der Waals surface area contributed by atoms with Gasteiger partial charge < -0.3 is 9.47 Å². The minimum absolute atomic E-state index is 0.158. The Labute approximate surface area is 166 Å². The van der Waals surface area contributed by atoms with Gasteiger partial charge in [0.25, 0.3) is 5.91 Å². The number of aromatic nitrogens is 1. The third kappa shape index (κ3) is 4.43. The number of hydrogen-bond donors (Lipinski definition) is 1. The Hall–Kier alpha value is -2.51. The van der Waals surface area contributed by atoms with Gasteiger partial charge in [-0.3, -0.25) is 10.1 Å². The summed E-state index contributed by atoms with van der Waals surface area (Å²) in [6.45, 7) is 2.06. The van der Waals surface area contributed by atoms with Crippen LogP contribution in [0.3, 0.4) is 0 Å². The lowest BCUT2D eigenvalue weighted by molar-refractivity contribution is 0.102. The summed E-state index contributed by atoms with van der Waals surface area (Å²) in [5, 5.41) is 5.34. The number of benzene rings is 2. The molecule has 2 aromatic carbocycles. The van der Waals surface area contributed by atoms with E-state index in [2.05, 4.69) is 17.2 Å². The number of nitrogens with one attached hydrogen (secondary N) is 1. The van der Waals surface area contributed by atoms with Crippen molar-refractivity contribution < 1.29 is 14.3 Å². The Kier molecular flexibility index (Phi) is 6.36. The number of carbonyl (C=O) groups is 1. The van der Waals surface area contributed by atoms with Crippen LogP contribution >= 0.6 is 23.1 Å². The van der Waals surface area contributed by atoms with Crippen LogP contribution in [0.15, 0.2) is 52.7 Å². The van der Waals surface area contributed by atoms with Crippen molar-refractivity contribution in [3.8, 4) is 22.8 Å². The summed E-state index contributed by atoms with van der Waals surface area (Å²) in [7, 11) is 3.22. The molecule has 3 aromatic rings. The van der Waals surface area contributed by atoms with Crippen LogP contribution in [-0.4, -0.2) is 30.9 Å². The number of hydrogen-bond acceptors (Lipinski definition) is 6. The fraction of sp³-hybridized carbons (Fsp3) is 0.200. The average Bonchev–Trinajstić information content (AvgIpc) is 3.16. The van der Waals surface area contributed by atoms with Crippen LogP contribution in [0.5, 0.6) is 11.5 Å². The van der Waals surface area contributed by atoms with E-state index in [4.69, 9.17) is 9.47 Å². The average molecular weight is 401 g/mol. The number of anilines is 1. The first-order chi connectivity index (χ1) is 13.2. The molecule has 140 valence electrons. The molecule has 5 nitrogen and oxygen atoms in total. The molecule has 0 unspecified atom stereocenters. The minimum atomic E-state index is -0.158. The second-order valence-electron chi connectivity index (χ2n) is 5.49. The van der Waals surface area contributed by atoms with Crippen molar-refractivity contribution >= 4 is 34.1 Å². The lowest BCUT2D eigenvalue weighted by atomic mass is 10.1. The zero-order valence-electron chi connectivity index (χ0n) is 15.3. The predicted octanol–water partition coefficient (Wildman–Crippen LogP) is 5.19. The third-order valence-electron chi connectivity index (χ3n) is 3.84. The smallest absolute Gasteiger partial charge is 0.258 e. The standard InChI is InChI=1S/C20H20N2O3S2/c1-4-26-18-8-6-5-7-15(18)19(23)22-20-21-16(12-27-20)14-10-9-13(24-2)11-17(14)25-3/h5-12H,4H2,1-3H3,(H,21,22,23). The summed E-state index contributed by atoms with van der Waals surface area (Å²) in [5.41, 5.74) is 2.24. The van der Waals surface area contributed by atoms with Gasteiger partial charge in [0.1, 0.15) is 11.5 Å². The molecule has 0 aliphatic rings. The SMILES string of the molecule is CCSc1ccccc1C(=O)Nc1nc(-c2ccc(OC)cc2OC)cs1. The van der Waals surface area contributed by atoms with E-state index in [9.17, 15) is 4.79 Å². The van der Waals surface area contributed by atoms with E-state index in [0.717, 1.165) is 21.9 Å². The summed E-state index contributed by atoms with van der Waals surface area (Å²) >= 11 is 3.02. The maximum absolute atomic E-state index is 12.7. The van der Waals surface area contributed by atoms with Crippen molar-refractivity contribution in [1.29, 1.82) is 0 Å². The van der Waals surface area contributed by atoms with Crippen LogP contribution in [0.4, 0.5) is 5.13 Å². The molecule has 1 amide bonds. The van der Waals surface area contributed by atoms with E-state index in [1.165, 1.54) is 11.3 Å². The number of thioether (sulfide) groups is 1. The number of rotatable bonds is 7. The highest BCUT2D eigenvalue weighted by molar-refractivity contribution is 7.99. The fourth-order valence-corrected chi connectivity index (χ4v) is 4.07. The van der Waals surface area contributed by atoms with Gasteiger partial charge in [-0.25, -0.2) is 4.98 Å². The highest BCUT2D eigenvalue weighted by Crippen LogP contribution is 2.35. The number of amides is 1. The molecular weight excluding hydrogens is 380 g/mol. The lowest BCUT2D eigenvalue weighted by Crippen LogP contribution is -2.12. The topological polar surface area (TPSA) is 60.5 Å². The quantitative estimate of drug-likeness (QED) is 0.553. The van der Waals surface area contributed by atoms with E-state index < -0.39 is 0 Å². The fourth-order valence-electron chi connectivity index (χ4n) is 2.57.